The molecule has 0 aliphatic carbocycles. The van der Waals surface area contributed by atoms with Crippen molar-refractivity contribution in [2.45, 2.75) is 39.5 Å². The quantitative estimate of drug-likeness (QED) is 0.200. The molecule has 2 aromatic carbocycles. The van der Waals surface area contributed by atoms with Crippen LogP contribution in [-0.2, 0) is 0 Å². The number of nitrogens with zero attached hydrogens (tertiary/aromatic N) is 2. The molecule has 0 N–H and O–H groups in total. The minimum atomic E-state index is -10.7. The fourth-order valence-corrected chi connectivity index (χ4v) is 3.95. The Labute approximate surface area is 207 Å². The van der Waals surface area contributed by atoms with E-state index in [2.05, 4.69) is 61.7 Å². The van der Waals surface area contributed by atoms with Gasteiger partial charge in [-0.2, -0.15) is 0 Å². The third kappa shape index (κ3) is 8.47. The van der Waals surface area contributed by atoms with Crippen LogP contribution in [0.3, 0.4) is 0 Å². The summed E-state index contributed by atoms with van der Waals surface area (Å²) in [5.74, 6) is 3.10. The van der Waals surface area contributed by atoms with Gasteiger partial charge >= 0.3 is 33.0 Å². The van der Waals surface area contributed by atoms with E-state index in [9.17, 15) is 25.2 Å². The molecule has 1 heterocycles. The average molecular weight is 543 g/mol. The van der Waals surface area contributed by atoms with E-state index in [0.29, 0.717) is 17.6 Å². The SMILES string of the molecule is COc1cc(OC)c(N2C=[N+](c3c(C(C)C)cccc3C(C)C)CC2)c(OC)c1.F[P-](F)(F)(F)(F)F. The summed E-state index contributed by atoms with van der Waals surface area (Å²) in [6.45, 7) is 10.8. The number of methoxy groups -OCH3 is 3. The molecule has 5 nitrogen and oxygen atoms in total. The van der Waals surface area contributed by atoms with Crippen LogP contribution in [0.5, 0.6) is 17.2 Å². The molecule has 3 rings (SSSR count). The monoisotopic (exact) mass is 542 g/mol. The summed E-state index contributed by atoms with van der Waals surface area (Å²) in [6.07, 6.45) is 2.18. The summed E-state index contributed by atoms with van der Waals surface area (Å²) < 4.78 is 78.3. The molecular weight excluding hydrogens is 509 g/mol. The Morgan fingerprint density at radius 1 is 0.806 bits per heavy atom. The Hall–Kier alpha value is -2.68. The van der Waals surface area contributed by atoms with Crippen LogP contribution in [0.2, 0.25) is 0 Å². The summed E-state index contributed by atoms with van der Waals surface area (Å²) in [6, 6.07) is 10.5. The topological polar surface area (TPSA) is 33.9 Å². The molecule has 2 aromatic rings. The Morgan fingerprint density at radius 2 is 1.25 bits per heavy atom. The number of rotatable bonds is 7. The first-order chi connectivity index (χ1) is 16.4. The van der Waals surface area contributed by atoms with Gasteiger partial charge in [-0.3, -0.25) is 0 Å². The molecule has 0 amide bonds. The van der Waals surface area contributed by atoms with Crippen molar-refractivity contribution in [1.82, 2.24) is 0 Å². The number of ether oxygens (including phenoxy) is 3. The van der Waals surface area contributed by atoms with Crippen molar-refractivity contribution in [1.29, 1.82) is 0 Å². The molecule has 204 valence electrons. The summed E-state index contributed by atoms with van der Waals surface area (Å²) in [4.78, 5) is 2.21. The van der Waals surface area contributed by atoms with E-state index in [-0.39, 0.29) is 0 Å². The Kier molecular flexibility index (Phi) is 8.20. The summed E-state index contributed by atoms with van der Waals surface area (Å²) in [5.41, 5.74) is 5.00. The Morgan fingerprint density at radius 3 is 1.61 bits per heavy atom. The summed E-state index contributed by atoms with van der Waals surface area (Å²) >= 11 is 0. The molecule has 0 bridgehead atoms. The molecule has 0 saturated carbocycles. The zero-order valence-electron chi connectivity index (χ0n) is 21.4. The summed E-state index contributed by atoms with van der Waals surface area (Å²) in [5, 5.41) is 0. The van der Waals surface area contributed by atoms with Crippen LogP contribution in [0, 0.1) is 0 Å². The van der Waals surface area contributed by atoms with E-state index < -0.39 is 7.81 Å². The average Bonchev–Trinajstić information content (AvgIpc) is 3.24. The predicted molar refractivity (Wildman–Crippen MR) is 132 cm³/mol. The van der Waals surface area contributed by atoms with Crippen molar-refractivity contribution in [3.8, 4) is 17.2 Å². The molecular formula is C24H33F6N2O3P. The second kappa shape index (κ2) is 10.00. The first-order valence-corrected chi connectivity index (χ1v) is 13.3. The minimum absolute atomic E-state index is 0.455. The van der Waals surface area contributed by atoms with Gasteiger partial charge in [0.15, 0.2) is 11.5 Å². The van der Waals surface area contributed by atoms with Crippen LogP contribution < -0.4 is 19.1 Å². The molecule has 0 radical (unpaired) electrons. The van der Waals surface area contributed by atoms with Gasteiger partial charge in [-0.1, -0.05) is 45.9 Å². The van der Waals surface area contributed by atoms with E-state index in [4.69, 9.17) is 14.2 Å². The standard InChI is InChI=1S/C24H33N2O3.F6P/c1-16(2)19-9-8-10-20(17(3)4)23(19)25-11-12-26(15-25)24-21(28-6)13-18(27-5)14-22(24)29-7;1-7(2,3,4,5)6/h8-10,13-17H,11-12H2,1-7H3;/q+1;-1. The van der Waals surface area contributed by atoms with E-state index in [1.165, 1.54) is 16.8 Å². The van der Waals surface area contributed by atoms with Crippen molar-refractivity contribution in [2.24, 2.45) is 0 Å². The van der Waals surface area contributed by atoms with Crippen molar-refractivity contribution in [2.75, 3.05) is 39.3 Å². The van der Waals surface area contributed by atoms with Crippen LogP contribution in [0.15, 0.2) is 30.3 Å². The number of hydrogen-bond acceptors (Lipinski definition) is 4. The van der Waals surface area contributed by atoms with Gasteiger partial charge in [0, 0.05) is 23.3 Å². The molecule has 1 aliphatic heterocycles. The van der Waals surface area contributed by atoms with Crippen LogP contribution in [0.4, 0.5) is 36.6 Å². The van der Waals surface area contributed by atoms with Gasteiger partial charge in [0.05, 0.1) is 21.3 Å². The molecule has 0 saturated heterocycles. The third-order valence-corrected chi connectivity index (χ3v) is 5.47. The molecule has 12 heteroatoms. The van der Waals surface area contributed by atoms with Gasteiger partial charge in [0.1, 0.15) is 24.5 Å². The normalized spacial score (nSPS) is 15.6. The number of benzene rings is 2. The number of hydrogen-bond donors (Lipinski definition) is 0. The van der Waals surface area contributed by atoms with Gasteiger partial charge in [-0.25, -0.2) is 9.48 Å². The first kappa shape index (κ1) is 29.5. The molecule has 0 fully saturated rings. The van der Waals surface area contributed by atoms with Crippen LogP contribution in [0.1, 0.15) is 50.7 Å². The molecule has 0 aromatic heterocycles. The maximum absolute atomic E-state index is 10.7. The van der Waals surface area contributed by atoms with E-state index >= 15 is 0 Å². The van der Waals surface area contributed by atoms with Crippen molar-refractivity contribution in [3.63, 3.8) is 0 Å². The molecule has 36 heavy (non-hydrogen) atoms. The van der Waals surface area contributed by atoms with Gasteiger partial charge < -0.3 is 14.2 Å². The van der Waals surface area contributed by atoms with Crippen LogP contribution in [0.25, 0.3) is 0 Å². The Bertz CT molecular complexity index is 1060. The number of anilines is 1. The number of para-hydroxylation sites is 1. The number of halogens is 6. The predicted octanol–water partition coefficient (Wildman–Crippen LogP) is 8.53. The van der Waals surface area contributed by atoms with Crippen LogP contribution >= 0.6 is 7.81 Å². The van der Waals surface area contributed by atoms with Gasteiger partial charge in [0.25, 0.3) is 0 Å². The van der Waals surface area contributed by atoms with Crippen molar-refractivity contribution >= 4 is 25.5 Å². The second-order valence-corrected chi connectivity index (χ2v) is 10.9. The van der Waals surface area contributed by atoms with E-state index in [1.807, 2.05) is 12.1 Å². The molecule has 0 spiro atoms. The van der Waals surface area contributed by atoms with Gasteiger partial charge in [-0.15, -0.1) is 0 Å². The molecule has 0 atom stereocenters. The third-order valence-electron chi connectivity index (χ3n) is 5.47. The summed E-state index contributed by atoms with van der Waals surface area (Å²) in [7, 11) is -5.66. The van der Waals surface area contributed by atoms with Crippen LogP contribution in [-0.4, -0.2) is 45.3 Å². The van der Waals surface area contributed by atoms with E-state index in [1.54, 1.807) is 21.3 Å². The fraction of sp³-hybridized carbons (Fsp3) is 0.458. The molecule has 1 aliphatic rings. The Balaban J connectivity index is 0.000000572. The zero-order valence-corrected chi connectivity index (χ0v) is 22.3. The van der Waals surface area contributed by atoms with Crippen molar-refractivity contribution in [3.05, 3.63) is 41.5 Å². The van der Waals surface area contributed by atoms with Crippen molar-refractivity contribution < 1.29 is 44.0 Å². The zero-order chi connectivity index (χ0) is 27.5. The van der Waals surface area contributed by atoms with Gasteiger partial charge in [0.2, 0.25) is 12.0 Å². The molecule has 0 unspecified atom stereocenters. The van der Waals surface area contributed by atoms with Gasteiger partial charge in [-0.05, 0) is 11.8 Å². The second-order valence-electron chi connectivity index (χ2n) is 8.94. The first-order valence-electron chi connectivity index (χ1n) is 11.2. The fourth-order valence-electron chi connectivity index (χ4n) is 3.95. The van der Waals surface area contributed by atoms with E-state index in [0.717, 1.165) is 30.3 Å². The maximum atomic E-state index is 9.87.